The summed E-state index contributed by atoms with van der Waals surface area (Å²) in [5, 5.41) is 12.5. The van der Waals surface area contributed by atoms with Crippen molar-refractivity contribution in [2.45, 2.75) is 49.6 Å². The highest BCUT2D eigenvalue weighted by atomic mass is 32.2. The maximum Gasteiger partial charge on any atom is 0.251 e. The van der Waals surface area contributed by atoms with Crippen molar-refractivity contribution in [1.29, 1.82) is 0 Å². The van der Waals surface area contributed by atoms with E-state index in [0.29, 0.717) is 30.4 Å². The number of aliphatic hydroxyl groups is 1. The van der Waals surface area contributed by atoms with Crippen LogP contribution < -0.4 is 5.32 Å². The predicted molar refractivity (Wildman–Crippen MR) is 80.0 cm³/mol. The largest absolute Gasteiger partial charge is 0.390 e. The van der Waals surface area contributed by atoms with Gasteiger partial charge in [0.05, 0.1) is 10.5 Å². The van der Waals surface area contributed by atoms with E-state index in [-0.39, 0.29) is 16.8 Å². The number of hydrogen-bond acceptors (Lipinski definition) is 4. The fraction of sp³-hybridized carbons (Fsp3) is 0.533. The summed E-state index contributed by atoms with van der Waals surface area (Å²) in [7, 11) is -3.36. The zero-order chi connectivity index (χ0) is 15.8. The second-order valence-electron chi connectivity index (χ2n) is 6.02. The van der Waals surface area contributed by atoms with Gasteiger partial charge in [0.1, 0.15) is 0 Å². The molecular formula is C15H21NO4S. The fourth-order valence-electron chi connectivity index (χ4n) is 2.71. The third-order valence-corrected chi connectivity index (χ3v) is 5.00. The molecule has 1 aliphatic carbocycles. The number of hydrogen-bond donors (Lipinski definition) is 2. The first-order valence-corrected chi connectivity index (χ1v) is 8.88. The van der Waals surface area contributed by atoms with Crippen LogP contribution in [0.25, 0.3) is 0 Å². The number of carbonyl (C=O) groups excluding carboxylic acids is 1. The van der Waals surface area contributed by atoms with Gasteiger partial charge in [-0.1, -0.05) is 13.0 Å². The van der Waals surface area contributed by atoms with E-state index >= 15 is 0 Å². The number of amides is 1. The van der Waals surface area contributed by atoms with Gasteiger partial charge < -0.3 is 10.4 Å². The van der Waals surface area contributed by atoms with Gasteiger partial charge >= 0.3 is 0 Å². The van der Waals surface area contributed by atoms with Gasteiger partial charge in [0.25, 0.3) is 5.91 Å². The average molecular weight is 311 g/mol. The van der Waals surface area contributed by atoms with Crippen LogP contribution in [0.3, 0.4) is 0 Å². The summed E-state index contributed by atoms with van der Waals surface area (Å²) in [6, 6.07) is 4.70. The van der Waals surface area contributed by atoms with Gasteiger partial charge in [0.2, 0.25) is 0 Å². The van der Waals surface area contributed by atoms with Crippen molar-refractivity contribution in [3.8, 4) is 0 Å². The van der Waals surface area contributed by atoms with Crippen LogP contribution in [0.1, 0.15) is 42.6 Å². The van der Waals surface area contributed by atoms with Crippen LogP contribution in [0, 0.1) is 0 Å². The number of rotatable bonds is 4. The molecule has 1 amide bonds. The minimum Gasteiger partial charge on any atom is -0.390 e. The lowest BCUT2D eigenvalue weighted by Gasteiger charge is -2.41. The van der Waals surface area contributed by atoms with Crippen LogP contribution in [0.4, 0.5) is 0 Å². The Morgan fingerprint density at radius 2 is 2.05 bits per heavy atom. The number of nitrogens with one attached hydrogen (secondary N) is 1. The van der Waals surface area contributed by atoms with Gasteiger partial charge in [-0.2, -0.15) is 0 Å². The Morgan fingerprint density at radius 1 is 1.43 bits per heavy atom. The lowest BCUT2D eigenvalue weighted by molar-refractivity contribution is -0.0366. The zero-order valence-corrected chi connectivity index (χ0v) is 13.3. The molecule has 2 rings (SSSR count). The summed E-state index contributed by atoms with van der Waals surface area (Å²) >= 11 is 0. The number of carbonyl (C=O) groups is 1. The standard InChI is InChI=1S/C15H21NO4S/c1-4-10-5-6-11(7-13(10)21(3,19)20)14(17)16-12-8-15(2,18)9-12/h5-7,12,18H,4,8-9H2,1-3H3,(H,16,17). The Hall–Kier alpha value is -1.40. The molecule has 0 radical (unpaired) electrons. The molecule has 0 atom stereocenters. The molecule has 5 nitrogen and oxygen atoms in total. The normalized spacial score (nSPS) is 25.2. The van der Waals surface area contributed by atoms with Gasteiger partial charge in [0.15, 0.2) is 9.84 Å². The van der Waals surface area contributed by atoms with E-state index in [0.717, 1.165) is 6.26 Å². The molecule has 1 aromatic carbocycles. The van der Waals surface area contributed by atoms with Gasteiger partial charge in [-0.3, -0.25) is 4.79 Å². The predicted octanol–water partition coefficient (Wildman–Crippen LogP) is 1.30. The molecule has 21 heavy (non-hydrogen) atoms. The van der Waals surface area contributed by atoms with E-state index in [1.807, 2.05) is 6.92 Å². The van der Waals surface area contributed by atoms with Crippen LogP contribution in [-0.4, -0.2) is 37.3 Å². The molecule has 1 aliphatic rings. The maximum absolute atomic E-state index is 12.2. The number of benzene rings is 1. The summed E-state index contributed by atoms with van der Waals surface area (Å²) in [5.41, 5.74) is 0.335. The average Bonchev–Trinajstić information content (AvgIpc) is 2.34. The van der Waals surface area contributed by atoms with Gasteiger partial charge in [-0.05, 0) is 43.9 Å². The van der Waals surface area contributed by atoms with Crippen molar-refractivity contribution >= 4 is 15.7 Å². The van der Waals surface area contributed by atoms with Crippen molar-refractivity contribution in [1.82, 2.24) is 5.32 Å². The summed E-state index contributed by atoms with van der Waals surface area (Å²) in [5.74, 6) is -0.303. The molecule has 6 heteroatoms. The molecule has 0 spiro atoms. The lowest BCUT2D eigenvalue weighted by Crippen LogP contribution is -2.53. The van der Waals surface area contributed by atoms with E-state index in [4.69, 9.17) is 0 Å². The Bertz CT molecular complexity index is 656. The smallest absolute Gasteiger partial charge is 0.251 e. The molecule has 0 saturated heterocycles. The third kappa shape index (κ3) is 3.63. The van der Waals surface area contributed by atoms with Gasteiger partial charge in [-0.15, -0.1) is 0 Å². The maximum atomic E-state index is 12.2. The zero-order valence-electron chi connectivity index (χ0n) is 12.5. The van der Waals surface area contributed by atoms with Crippen LogP contribution in [0.2, 0.25) is 0 Å². The molecule has 0 unspecified atom stereocenters. The molecule has 2 N–H and O–H groups in total. The fourth-order valence-corrected chi connectivity index (χ4v) is 3.74. The summed E-state index contributed by atoms with van der Waals surface area (Å²) in [4.78, 5) is 12.4. The van der Waals surface area contributed by atoms with E-state index in [2.05, 4.69) is 5.32 Å². The highest BCUT2D eigenvalue weighted by Gasteiger charge is 2.39. The second kappa shape index (κ2) is 5.42. The van der Waals surface area contributed by atoms with E-state index < -0.39 is 15.4 Å². The Labute approximate surface area is 125 Å². The molecule has 116 valence electrons. The van der Waals surface area contributed by atoms with Crippen molar-refractivity contribution < 1.29 is 18.3 Å². The summed E-state index contributed by atoms with van der Waals surface area (Å²) in [6.45, 7) is 3.60. The second-order valence-corrected chi connectivity index (χ2v) is 8.01. The first-order chi connectivity index (χ1) is 9.62. The van der Waals surface area contributed by atoms with Crippen LogP contribution >= 0.6 is 0 Å². The van der Waals surface area contributed by atoms with Crippen LogP contribution in [0.15, 0.2) is 23.1 Å². The third-order valence-electron chi connectivity index (χ3n) is 3.82. The Kier molecular flexibility index (Phi) is 4.13. The molecule has 1 aromatic rings. The van der Waals surface area contributed by atoms with Crippen LogP contribution in [-0.2, 0) is 16.3 Å². The van der Waals surface area contributed by atoms with Crippen molar-refractivity contribution in [3.05, 3.63) is 29.3 Å². The minimum atomic E-state index is -3.36. The molecule has 1 saturated carbocycles. The number of aryl methyl sites for hydroxylation is 1. The van der Waals surface area contributed by atoms with Crippen LogP contribution in [0.5, 0.6) is 0 Å². The van der Waals surface area contributed by atoms with Crippen molar-refractivity contribution in [3.63, 3.8) is 0 Å². The molecule has 0 bridgehead atoms. The topological polar surface area (TPSA) is 83.5 Å². The Balaban J connectivity index is 2.19. The Morgan fingerprint density at radius 3 is 2.52 bits per heavy atom. The quantitative estimate of drug-likeness (QED) is 0.878. The summed E-state index contributed by atoms with van der Waals surface area (Å²) < 4.78 is 23.6. The molecule has 0 aromatic heterocycles. The van der Waals surface area contributed by atoms with E-state index in [1.165, 1.54) is 6.07 Å². The molecule has 1 fully saturated rings. The van der Waals surface area contributed by atoms with E-state index in [9.17, 15) is 18.3 Å². The highest BCUT2D eigenvalue weighted by molar-refractivity contribution is 7.90. The number of sulfone groups is 1. The van der Waals surface area contributed by atoms with Gasteiger partial charge in [-0.25, -0.2) is 8.42 Å². The minimum absolute atomic E-state index is 0.0555. The monoisotopic (exact) mass is 311 g/mol. The highest BCUT2D eigenvalue weighted by Crippen LogP contribution is 2.31. The van der Waals surface area contributed by atoms with Crippen molar-refractivity contribution in [2.75, 3.05) is 6.26 Å². The molecule has 0 aliphatic heterocycles. The van der Waals surface area contributed by atoms with E-state index in [1.54, 1.807) is 19.1 Å². The van der Waals surface area contributed by atoms with Gasteiger partial charge in [0, 0.05) is 17.9 Å². The summed E-state index contributed by atoms with van der Waals surface area (Å²) in [6.07, 6.45) is 2.78. The SMILES string of the molecule is CCc1ccc(C(=O)NC2CC(C)(O)C2)cc1S(C)(=O)=O. The van der Waals surface area contributed by atoms with Crippen molar-refractivity contribution in [2.24, 2.45) is 0 Å². The first-order valence-electron chi connectivity index (χ1n) is 6.98. The molecule has 0 heterocycles. The molecular weight excluding hydrogens is 290 g/mol. The first kappa shape index (κ1) is 16.0. The lowest BCUT2D eigenvalue weighted by atomic mass is 9.77.